The summed E-state index contributed by atoms with van der Waals surface area (Å²) in [6.45, 7) is 3.42. The quantitative estimate of drug-likeness (QED) is 0.807. The van der Waals surface area contributed by atoms with Crippen LogP contribution in [0.5, 0.6) is 0 Å². The zero-order valence-corrected chi connectivity index (χ0v) is 15.4. The number of benzene rings is 1. The van der Waals surface area contributed by atoms with Gasteiger partial charge in [-0.3, -0.25) is 14.6 Å². The van der Waals surface area contributed by atoms with Crippen LogP contribution in [0.25, 0.3) is 0 Å². The zero-order chi connectivity index (χ0) is 20.3. The molecule has 1 aromatic heterocycles. The Morgan fingerprint density at radius 3 is 1.82 bits per heavy atom. The number of hydrogen-bond acceptors (Lipinski definition) is 3. The van der Waals surface area contributed by atoms with Crippen LogP contribution in [0, 0.1) is 0 Å². The number of carbonyl (C=O) groups excluding carboxylic acids is 2. The molecule has 1 fully saturated rings. The van der Waals surface area contributed by atoms with Crippen molar-refractivity contribution in [1.29, 1.82) is 0 Å². The zero-order valence-electron chi connectivity index (χ0n) is 15.4. The Balaban J connectivity index is 1.59. The van der Waals surface area contributed by atoms with Crippen molar-refractivity contribution < 1.29 is 22.8 Å². The lowest BCUT2D eigenvalue weighted by molar-refractivity contribution is -0.141. The first-order valence-electron chi connectivity index (χ1n) is 9.00. The molecule has 5 nitrogen and oxygen atoms in total. The van der Waals surface area contributed by atoms with E-state index >= 15 is 0 Å². The molecular weight excluding hydrogens is 371 g/mol. The van der Waals surface area contributed by atoms with Crippen LogP contribution in [0.1, 0.15) is 38.9 Å². The molecule has 0 aliphatic carbocycles. The minimum Gasteiger partial charge on any atom is -0.335 e. The minimum absolute atomic E-state index is 0.0917. The van der Waals surface area contributed by atoms with Gasteiger partial charge in [-0.2, -0.15) is 13.2 Å². The van der Waals surface area contributed by atoms with Crippen LogP contribution >= 0.6 is 0 Å². The van der Waals surface area contributed by atoms with Gasteiger partial charge in [-0.1, -0.05) is 19.1 Å². The Bertz CT molecular complexity index is 840. The smallest absolute Gasteiger partial charge is 0.335 e. The first-order chi connectivity index (χ1) is 13.3. The van der Waals surface area contributed by atoms with Crippen molar-refractivity contribution in [3.63, 3.8) is 0 Å². The average molecular weight is 391 g/mol. The van der Waals surface area contributed by atoms with E-state index in [0.29, 0.717) is 31.7 Å². The molecule has 0 bridgehead atoms. The molecule has 0 radical (unpaired) electrons. The summed E-state index contributed by atoms with van der Waals surface area (Å²) in [5.74, 6) is -0.480. The van der Waals surface area contributed by atoms with Gasteiger partial charge in [-0.05, 0) is 36.2 Å². The molecular formula is C20H20F3N3O2. The van der Waals surface area contributed by atoms with Crippen molar-refractivity contribution in [2.24, 2.45) is 0 Å². The molecule has 0 saturated carbocycles. The van der Waals surface area contributed by atoms with Gasteiger partial charge in [0.05, 0.1) is 5.56 Å². The van der Waals surface area contributed by atoms with Gasteiger partial charge in [0.25, 0.3) is 11.8 Å². The Kier molecular flexibility index (Phi) is 5.67. The number of piperazine rings is 1. The van der Waals surface area contributed by atoms with Crippen LogP contribution in [0.2, 0.25) is 0 Å². The predicted octanol–water partition coefficient (Wildman–Crippen LogP) is 3.26. The second kappa shape index (κ2) is 8.00. The first kappa shape index (κ1) is 19.9. The fourth-order valence-electron chi connectivity index (χ4n) is 3.05. The van der Waals surface area contributed by atoms with E-state index in [0.717, 1.165) is 30.3 Å². The van der Waals surface area contributed by atoms with Gasteiger partial charge in [-0.15, -0.1) is 0 Å². The Morgan fingerprint density at radius 1 is 0.893 bits per heavy atom. The standard InChI is InChI=1S/C20H20F3N3O2/c1-2-14-3-5-15(6-4-14)18(27)25-9-11-26(12-10-25)19(28)16-7-8-17(24-13-16)20(21,22)23/h3-8,13H,2,9-12H2,1H3. The minimum atomic E-state index is -4.54. The van der Waals surface area contributed by atoms with Crippen LogP contribution < -0.4 is 0 Å². The molecule has 1 aliphatic rings. The Morgan fingerprint density at radius 2 is 1.39 bits per heavy atom. The molecule has 2 aromatic rings. The summed E-state index contributed by atoms with van der Waals surface area (Å²) in [6, 6.07) is 9.37. The molecule has 148 valence electrons. The highest BCUT2D eigenvalue weighted by molar-refractivity contribution is 5.95. The molecule has 1 aromatic carbocycles. The Labute approximate surface area is 160 Å². The highest BCUT2D eigenvalue weighted by Crippen LogP contribution is 2.27. The molecule has 0 atom stereocenters. The number of nitrogens with zero attached hydrogens (tertiary/aromatic N) is 3. The third-order valence-corrected chi connectivity index (χ3v) is 4.76. The number of pyridine rings is 1. The highest BCUT2D eigenvalue weighted by Gasteiger charge is 2.33. The SMILES string of the molecule is CCc1ccc(C(=O)N2CCN(C(=O)c3ccc(C(F)(F)F)nc3)CC2)cc1. The third-order valence-electron chi connectivity index (χ3n) is 4.76. The number of carbonyl (C=O) groups is 2. The summed E-state index contributed by atoms with van der Waals surface area (Å²) in [4.78, 5) is 31.6. The summed E-state index contributed by atoms with van der Waals surface area (Å²) in [5.41, 5.74) is 0.817. The van der Waals surface area contributed by atoms with E-state index in [4.69, 9.17) is 0 Å². The molecule has 3 rings (SSSR count). The molecule has 0 unspecified atom stereocenters. The molecule has 1 saturated heterocycles. The first-order valence-corrected chi connectivity index (χ1v) is 9.00. The lowest BCUT2D eigenvalue weighted by atomic mass is 10.1. The third kappa shape index (κ3) is 4.32. The molecule has 28 heavy (non-hydrogen) atoms. The van der Waals surface area contributed by atoms with Crippen molar-refractivity contribution in [2.45, 2.75) is 19.5 Å². The molecule has 0 N–H and O–H groups in total. The van der Waals surface area contributed by atoms with Crippen LogP contribution in [0.3, 0.4) is 0 Å². The van der Waals surface area contributed by atoms with E-state index < -0.39 is 11.9 Å². The number of rotatable bonds is 3. The Hall–Kier alpha value is -2.90. The maximum absolute atomic E-state index is 12.6. The van der Waals surface area contributed by atoms with E-state index in [-0.39, 0.29) is 17.4 Å². The molecule has 2 amide bonds. The van der Waals surface area contributed by atoms with Crippen LogP contribution in [-0.2, 0) is 12.6 Å². The molecule has 1 aliphatic heterocycles. The number of aryl methyl sites for hydroxylation is 1. The van der Waals surface area contributed by atoms with Gasteiger partial charge in [0.1, 0.15) is 5.69 Å². The van der Waals surface area contributed by atoms with Gasteiger partial charge >= 0.3 is 6.18 Å². The van der Waals surface area contributed by atoms with E-state index in [1.807, 2.05) is 19.1 Å². The maximum Gasteiger partial charge on any atom is 0.433 e. The predicted molar refractivity (Wildman–Crippen MR) is 96.9 cm³/mol. The van der Waals surface area contributed by atoms with E-state index in [1.54, 1.807) is 17.0 Å². The summed E-state index contributed by atoms with van der Waals surface area (Å²) in [5, 5.41) is 0. The lowest BCUT2D eigenvalue weighted by Gasteiger charge is -2.34. The van der Waals surface area contributed by atoms with Crippen molar-refractivity contribution in [3.8, 4) is 0 Å². The summed E-state index contributed by atoms with van der Waals surface area (Å²) < 4.78 is 37.7. The second-order valence-corrected chi connectivity index (χ2v) is 6.56. The van der Waals surface area contributed by atoms with E-state index in [2.05, 4.69) is 4.98 Å². The van der Waals surface area contributed by atoms with Gasteiger partial charge < -0.3 is 9.80 Å². The maximum atomic E-state index is 12.6. The topological polar surface area (TPSA) is 53.5 Å². The van der Waals surface area contributed by atoms with Crippen LogP contribution in [0.4, 0.5) is 13.2 Å². The number of amides is 2. The average Bonchev–Trinajstić information content (AvgIpc) is 2.72. The van der Waals surface area contributed by atoms with E-state index in [9.17, 15) is 22.8 Å². The number of hydrogen-bond donors (Lipinski definition) is 0. The second-order valence-electron chi connectivity index (χ2n) is 6.56. The van der Waals surface area contributed by atoms with Crippen molar-refractivity contribution in [1.82, 2.24) is 14.8 Å². The van der Waals surface area contributed by atoms with Crippen molar-refractivity contribution in [2.75, 3.05) is 26.2 Å². The molecule has 8 heteroatoms. The van der Waals surface area contributed by atoms with Crippen LogP contribution in [0.15, 0.2) is 42.6 Å². The summed E-state index contributed by atoms with van der Waals surface area (Å²) >= 11 is 0. The van der Waals surface area contributed by atoms with Crippen LogP contribution in [-0.4, -0.2) is 52.8 Å². The van der Waals surface area contributed by atoms with E-state index in [1.165, 1.54) is 4.90 Å². The largest absolute Gasteiger partial charge is 0.433 e. The normalized spacial score (nSPS) is 14.9. The van der Waals surface area contributed by atoms with Crippen molar-refractivity contribution in [3.05, 3.63) is 65.0 Å². The molecule has 2 heterocycles. The van der Waals surface area contributed by atoms with Gasteiger partial charge in [0.2, 0.25) is 0 Å². The van der Waals surface area contributed by atoms with Gasteiger partial charge in [0.15, 0.2) is 0 Å². The molecule has 0 spiro atoms. The van der Waals surface area contributed by atoms with Gasteiger partial charge in [0, 0.05) is 37.9 Å². The number of alkyl halides is 3. The monoisotopic (exact) mass is 391 g/mol. The summed E-state index contributed by atoms with van der Waals surface area (Å²) in [6.07, 6.45) is -2.70. The van der Waals surface area contributed by atoms with Gasteiger partial charge in [-0.25, -0.2) is 0 Å². The number of halogens is 3. The van der Waals surface area contributed by atoms with Crippen molar-refractivity contribution >= 4 is 11.8 Å². The highest BCUT2D eigenvalue weighted by atomic mass is 19.4. The summed E-state index contributed by atoms with van der Waals surface area (Å²) in [7, 11) is 0. The lowest BCUT2D eigenvalue weighted by Crippen LogP contribution is -2.50. The fraction of sp³-hybridized carbons (Fsp3) is 0.350. The fourth-order valence-corrected chi connectivity index (χ4v) is 3.05. The number of aromatic nitrogens is 1.